The predicted octanol–water partition coefficient (Wildman–Crippen LogP) is 3.68. The maximum absolute atomic E-state index is 12.6. The molecule has 1 heterocycles. The van der Waals surface area contributed by atoms with Crippen LogP contribution < -0.4 is 14.8 Å². The summed E-state index contributed by atoms with van der Waals surface area (Å²) < 4.78 is 34.7. The molecule has 0 radical (unpaired) electrons. The number of hydrogen-bond acceptors (Lipinski definition) is 3. The lowest BCUT2D eigenvalue weighted by atomic mass is 9.86. The van der Waals surface area contributed by atoms with Gasteiger partial charge in [-0.2, -0.15) is 8.78 Å². The highest BCUT2D eigenvalue weighted by Crippen LogP contribution is 2.45. The second kappa shape index (κ2) is 8.76. The highest BCUT2D eigenvalue weighted by Gasteiger charge is 2.40. The Kier molecular flexibility index (Phi) is 6.39. The number of guanidine groups is 1. The summed E-state index contributed by atoms with van der Waals surface area (Å²) in [5.41, 5.74) is 1.40. The van der Waals surface area contributed by atoms with E-state index in [-0.39, 0.29) is 5.75 Å². The van der Waals surface area contributed by atoms with Gasteiger partial charge in [-0.05, 0) is 48.8 Å². The summed E-state index contributed by atoms with van der Waals surface area (Å²) in [6.07, 6.45) is 7.29. The number of methoxy groups -OCH3 is 1. The van der Waals surface area contributed by atoms with Crippen molar-refractivity contribution in [1.29, 1.82) is 0 Å². The first-order valence-corrected chi connectivity index (χ1v) is 9.62. The molecule has 2 aliphatic rings. The standard InChI is InChI=1S/C20H29F2N3O2/c1-23-19(25-12-10-20(14-25)8-3-4-9-20)24-11-7-15-5-6-16(26-2)17(13-15)27-18(21)22/h5-6,13,18H,3-4,7-12,14H2,1-2H3,(H,23,24). The van der Waals surface area contributed by atoms with Crippen LogP contribution in [-0.4, -0.2) is 51.3 Å². The molecule has 0 aromatic heterocycles. The van der Waals surface area contributed by atoms with Crippen LogP contribution in [-0.2, 0) is 6.42 Å². The molecular weight excluding hydrogens is 352 g/mol. The van der Waals surface area contributed by atoms with Crippen LogP contribution in [0.25, 0.3) is 0 Å². The number of ether oxygens (including phenoxy) is 2. The van der Waals surface area contributed by atoms with Crippen LogP contribution in [0.5, 0.6) is 11.5 Å². The molecule has 150 valence electrons. The minimum Gasteiger partial charge on any atom is -0.493 e. The predicted molar refractivity (Wildman–Crippen MR) is 102 cm³/mol. The lowest BCUT2D eigenvalue weighted by molar-refractivity contribution is -0.0512. The first-order chi connectivity index (χ1) is 13.0. The van der Waals surface area contributed by atoms with E-state index < -0.39 is 6.61 Å². The molecule has 2 fully saturated rings. The number of benzene rings is 1. The third-order valence-corrected chi connectivity index (χ3v) is 5.75. The summed E-state index contributed by atoms with van der Waals surface area (Å²) in [5.74, 6) is 1.30. The minimum absolute atomic E-state index is 0.0668. The lowest BCUT2D eigenvalue weighted by Gasteiger charge is -2.26. The maximum atomic E-state index is 12.6. The summed E-state index contributed by atoms with van der Waals surface area (Å²) in [5, 5.41) is 3.41. The molecule has 1 aliphatic heterocycles. The van der Waals surface area contributed by atoms with E-state index in [2.05, 4.69) is 19.9 Å². The fourth-order valence-corrected chi connectivity index (χ4v) is 4.36. The van der Waals surface area contributed by atoms with Gasteiger partial charge >= 0.3 is 6.61 Å². The molecule has 1 saturated heterocycles. The molecule has 5 nitrogen and oxygen atoms in total. The van der Waals surface area contributed by atoms with Gasteiger partial charge in [0.25, 0.3) is 0 Å². The molecule has 0 unspecified atom stereocenters. The average molecular weight is 381 g/mol. The summed E-state index contributed by atoms with van der Waals surface area (Å²) >= 11 is 0. The van der Waals surface area contributed by atoms with Crippen molar-refractivity contribution in [3.63, 3.8) is 0 Å². The number of likely N-dealkylation sites (tertiary alicyclic amines) is 1. The van der Waals surface area contributed by atoms with Gasteiger partial charge in [-0.15, -0.1) is 0 Å². The number of nitrogens with zero attached hydrogens (tertiary/aromatic N) is 2. The molecule has 1 aliphatic carbocycles. The van der Waals surface area contributed by atoms with E-state index in [9.17, 15) is 8.78 Å². The largest absolute Gasteiger partial charge is 0.493 e. The van der Waals surface area contributed by atoms with Crippen LogP contribution in [0.15, 0.2) is 23.2 Å². The van der Waals surface area contributed by atoms with Crippen molar-refractivity contribution in [3.05, 3.63) is 23.8 Å². The van der Waals surface area contributed by atoms with Crippen LogP contribution >= 0.6 is 0 Å². The quantitative estimate of drug-likeness (QED) is 0.603. The Labute approximate surface area is 159 Å². The highest BCUT2D eigenvalue weighted by molar-refractivity contribution is 5.80. The summed E-state index contributed by atoms with van der Waals surface area (Å²) in [6.45, 7) is -0.0588. The Balaban J connectivity index is 1.54. The molecule has 1 spiro atoms. The number of halogens is 2. The second-order valence-corrected chi connectivity index (χ2v) is 7.47. The smallest absolute Gasteiger partial charge is 0.387 e. The van der Waals surface area contributed by atoms with Crippen LogP contribution in [0.1, 0.15) is 37.7 Å². The van der Waals surface area contributed by atoms with Crippen molar-refractivity contribution in [1.82, 2.24) is 10.2 Å². The number of aliphatic imine (C=N–C) groups is 1. The molecular formula is C20H29F2N3O2. The molecule has 27 heavy (non-hydrogen) atoms. The van der Waals surface area contributed by atoms with E-state index in [1.165, 1.54) is 39.2 Å². The van der Waals surface area contributed by atoms with Crippen molar-refractivity contribution in [3.8, 4) is 11.5 Å². The fourth-order valence-electron chi connectivity index (χ4n) is 4.36. The van der Waals surface area contributed by atoms with E-state index in [0.717, 1.165) is 24.6 Å². The van der Waals surface area contributed by atoms with Crippen LogP contribution in [0, 0.1) is 5.41 Å². The average Bonchev–Trinajstić information content (AvgIpc) is 3.28. The van der Waals surface area contributed by atoms with Crippen molar-refractivity contribution in [2.45, 2.75) is 45.1 Å². The van der Waals surface area contributed by atoms with E-state index in [1.54, 1.807) is 12.1 Å². The SMILES string of the molecule is CN=C(NCCc1ccc(OC)c(OC(F)F)c1)N1CCC2(CCCC2)C1. The van der Waals surface area contributed by atoms with Crippen molar-refractivity contribution < 1.29 is 18.3 Å². The molecule has 0 atom stereocenters. The monoisotopic (exact) mass is 381 g/mol. The zero-order chi connectivity index (χ0) is 19.3. The first-order valence-electron chi connectivity index (χ1n) is 9.62. The fraction of sp³-hybridized carbons (Fsp3) is 0.650. The Morgan fingerprint density at radius 2 is 2.04 bits per heavy atom. The normalized spacial score (nSPS) is 19.1. The zero-order valence-electron chi connectivity index (χ0n) is 16.1. The van der Waals surface area contributed by atoms with Crippen molar-refractivity contribution >= 4 is 5.96 Å². The maximum Gasteiger partial charge on any atom is 0.387 e. The molecule has 1 saturated carbocycles. The van der Waals surface area contributed by atoms with E-state index in [1.807, 2.05) is 13.1 Å². The molecule has 0 bridgehead atoms. The third kappa shape index (κ3) is 4.82. The molecule has 0 amide bonds. The molecule has 1 aromatic carbocycles. The number of nitrogens with one attached hydrogen (secondary N) is 1. The summed E-state index contributed by atoms with van der Waals surface area (Å²) in [7, 11) is 3.25. The van der Waals surface area contributed by atoms with Crippen LogP contribution in [0.4, 0.5) is 8.78 Å². The zero-order valence-corrected chi connectivity index (χ0v) is 16.1. The summed E-state index contributed by atoms with van der Waals surface area (Å²) in [6, 6.07) is 5.13. The van der Waals surface area contributed by atoms with Crippen LogP contribution in [0.3, 0.4) is 0 Å². The number of hydrogen-bond donors (Lipinski definition) is 1. The second-order valence-electron chi connectivity index (χ2n) is 7.47. The Hall–Kier alpha value is -2.05. The topological polar surface area (TPSA) is 46.1 Å². The molecule has 7 heteroatoms. The van der Waals surface area contributed by atoms with Crippen LogP contribution in [0.2, 0.25) is 0 Å². The first kappa shape index (κ1) is 19.7. The molecule has 1 N–H and O–H groups in total. The Morgan fingerprint density at radius 3 is 2.70 bits per heavy atom. The molecule has 1 aromatic rings. The molecule has 3 rings (SSSR count). The van der Waals surface area contributed by atoms with Gasteiger partial charge in [-0.3, -0.25) is 4.99 Å². The highest BCUT2D eigenvalue weighted by atomic mass is 19.3. The third-order valence-electron chi connectivity index (χ3n) is 5.75. The van der Waals surface area contributed by atoms with Gasteiger partial charge in [0.15, 0.2) is 17.5 Å². The Morgan fingerprint density at radius 1 is 1.26 bits per heavy atom. The van der Waals surface area contributed by atoms with Gasteiger partial charge in [0, 0.05) is 26.7 Å². The van der Waals surface area contributed by atoms with Gasteiger partial charge in [0.2, 0.25) is 0 Å². The van der Waals surface area contributed by atoms with Gasteiger partial charge in [0.05, 0.1) is 7.11 Å². The number of alkyl halides is 2. The lowest BCUT2D eigenvalue weighted by Crippen LogP contribution is -2.41. The van der Waals surface area contributed by atoms with E-state index in [0.29, 0.717) is 24.1 Å². The van der Waals surface area contributed by atoms with Gasteiger partial charge in [-0.25, -0.2) is 0 Å². The van der Waals surface area contributed by atoms with E-state index >= 15 is 0 Å². The van der Waals surface area contributed by atoms with Crippen molar-refractivity contribution in [2.75, 3.05) is 33.8 Å². The van der Waals surface area contributed by atoms with E-state index in [4.69, 9.17) is 4.74 Å². The van der Waals surface area contributed by atoms with Gasteiger partial charge in [-0.1, -0.05) is 18.9 Å². The van der Waals surface area contributed by atoms with Gasteiger partial charge < -0.3 is 19.7 Å². The summed E-state index contributed by atoms with van der Waals surface area (Å²) in [4.78, 5) is 6.78. The number of rotatable bonds is 6. The minimum atomic E-state index is -2.87. The van der Waals surface area contributed by atoms with Crippen molar-refractivity contribution in [2.24, 2.45) is 10.4 Å². The van der Waals surface area contributed by atoms with Gasteiger partial charge in [0.1, 0.15) is 0 Å². The Bertz CT molecular complexity index is 661.